The van der Waals surface area contributed by atoms with Gasteiger partial charge in [0.1, 0.15) is 5.01 Å². The van der Waals surface area contributed by atoms with E-state index in [0.29, 0.717) is 12.6 Å². The Balaban J connectivity index is 0.00000261. The summed E-state index contributed by atoms with van der Waals surface area (Å²) in [5.74, 6) is 0.902. The van der Waals surface area contributed by atoms with Gasteiger partial charge in [-0.25, -0.2) is 9.98 Å². The Labute approximate surface area is 183 Å². The molecule has 0 unspecified atom stereocenters. The average molecular weight is 499 g/mol. The van der Waals surface area contributed by atoms with Crippen molar-refractivity contribution in [1.82, 2.24) is 15.6 Å². The van der Waals surface area contributed by atoms with Crippen molar-refractivity contribution < 1.29 is 0 Å². The number of thiazole rings is 1. The van der Waals surface area contributed by atoms with Gasteiger partial charge in [0.05, 0.1) is 6.54 Å². The fourth-order valence-electron chi connectivity index (χ4n) is 3.17. The minimum atomic E-state index is 0. The van der Waals surface area contributed by atoms with Crippen LogP contribution in [-0.4, -0.2) is 36.6 Å². The highest BCUT2D eigenvalue weighted by Crippen LogP contribution is 2.19. The van der Waals surface area contributed by atoms with Gasteiger partial charge in [-0.05, 0) is 38.3 Å². The highest BCUT2D eigenvalue weighted by Gasteiger charge is 2.20. The first kappa shape index (κ1) is 21.9. The summed E-state index contributed by atoms with van der Waals surface area (Å²) in [6.07, 6.45) is 5.25. The van der Waals surface area contributed by atoms with Crippen LogP contribution in [-0.2, 0) is 13.0 Å². The number of halogens is 1. The Hall–Kier alpha value is -1.35. The Morgan fingerprint density at radius 1 is 1.22 bits per heavy atom. The number of aliphatic imine (C=N–C) groups is 1. The van der Waals surface area contributed by atoms with Crippen molar-refractivity contribution in [3.63, 3.8) is 0 Å². The highest BCUT2D eigenvalue weighted by atomic mass is 127. The number of hydrogen-bond acceptors (Lipinski definition) is 4. The number of aryl methyl sites for hydroxylation is 1. The minimum Gasteiger partial charge on any atom is -0.371 e. The fraction of sp³-hybridized carbons (Fsp3) is 0.500. The van der Waals surface area contributed by atoms with E-state index >= 15 is 0 Å². The van der Waals surface area contributed by atoms with Gasteiger partial charge < -0.3 is 15.5 Å². The maximum atomic E-state index is 4.73. The van der Waals surface area contributed by atoms with Gasteiger partial charge in [-0.3, -0.25) is 0 Å². The molecule has 1 aromatic heterocycles. The van der Waals surface area contributed by atoms with Crippen LogP contribution in [0, 0.1) is 0 Å². The summed E-state index contributed by atoms with van der Waals surface area (Å²) in [5, 5.41) is 8.06. The Bertz CT molecular complexity index is 695. The Morgan fingerprint density at radius 2 is 1.96 bits per heavy atom. The van der Waals surface area contributed by atoms with Gasteiger partial charge in [0.25, 0.3) is 0 Å². The molecule has 2 N–H and O–H groups in total. The van der Waals surface area contributed by atoms with E-state index in [4.69, 9.17) is 4.99 Å². The second-order valence-electron chi connectivity index (χ2n) is 6.51. The average Bonchev–Trinajstić information content (AvgIpc) is 3.16. The molecule has 7 heteroatoms. The van der Waals surface area contributed by atoms with E-state index < -0.39 is 0 Å². The van der Waals surface area contributed by atoms with Crippen LogP contribution < -0.4 is 15.5 Å². The topological polar surface area (TPSA) is 52.6 Å². The quantitative estimate of drug-likeness (QED) is 0.358. The second kappa shape index (κ2) is 11.5. The number of hydrogen-bond donors (Lipinski definition) is 2. The van der Waals surface area contributed by atoms with E-state index in [2.05, 4.69) is 64.7 Å². The maximum absolute atomic E-state index is 4.73. The zero-order chi connectivity index (χ0) is 18.2. The molecule has 0 saturated carbocycles. The number of aromatic nitrogens is 1. The second-order valence-corrected chi connectivity index (χ2v) is 7.71. The van der Waals surface area contributed by atoms with E-state index in [9.17, 15) is 0 Å². The molecule has 148 valence electrons. The fourth-order valence-corrected chi connectivity index (χ4v) is 3.95. The molecule has 0 bridgehead atoms. The lowest BCUT2D eigenvalue weighted by Crippen LogP contribution is -2.48. The lowest BCUT2D eigenvalue weighted by Gasteiger charge is -2.34. The van der Waals surface area contributed by atoms with E-state index in [1.54, 1.807) is 11.3 Å². The van der Waals surface area contributed by atoms with Crippen molar-refractivity contribution in [2.75, 3.05) is 24.5 Å². The number of benzene rings is 1. The molecule has 1 aromatic carbocycles. The van der Waals surface area contributed by atoms with Gasteiger partial charge in [0, 0.05) is 42.4 Å². The van der Waals surface area contributed by atoms with Gasteiger partial charge in [-0.2, -0.15) is 0 Å². The number of nitrogens with one attached hydrogen (secondary N) is 2. The van der Waals surface area contributed by atoms with Gasteiger partial charge in [0.2, 0.25) is 0 Å². The first-order valence-corrected chi connectivity index (χ1v) is 10.4. The number of para-hydroxylation sites is 1. The summed E-state index contributed by atoms with van der Waals surface area (Å²) in [5.41, 5.74) is 1.32. The molecule has 5 nitrogen and oxygen atoms in total. The zero-order valence-electron chi connectivity index (χ0n) is 16.1. The predicted molar refractivity (Wildman–Crippen MR) is 127 cm³/mol. The van der Waals surface area contributed by atoms with E-state index in [1.807, 2.05) is 6.20 Å². The zero-order valence-corrected chi connectivity index (χ0v) is 19.3. The normalized spacial score (nSPS) is 15.3. The standard InChI is InChI=1S/C20H29N5S.HI/c1-3-18-14-22-19(26-18)15-23-20(21-4-2)24-16-10-12-25(13-11-16)17-8-6-5-7-9-17;/h5-9,14,16H,3-4,10-13,15H2,1-2H3,(H2,21,23,24);1H. The molecule has 1 aliphatic rings. The lowest BCUT2D eigenvalue weighted by molar-refractivity contribution is 0.461. The largest absolute Gasteiger partial charge is 0.371 e. The first-order chi connectivity index (χ1) is 12.8. The smallest absolute Gasteiger partial charge is 0.191 e. The van der Waals surface area contributed by atoms with E-state index in [-0.39, 0.29) is 24.0 Å². The van der Waals surface area contributed by atoms with Crippen LogP contribution in [0.4, 0.5) is 5.69 Å². The third-order valence-electron chi connectivity index (χ3n) is 4.62. The summed E-state index contributed by atoms with van der Waals surface area (Å²) in [7, 11) is 0. The van der Waals surface area contributed by atoms with Crippen LogP contribution in [0.5, 0.6) is 0 Å². The number of anilines is 1. The molecule has 0 aliphatic carbocycles. The van der Waals surface area contributed by atoms with Gasteiger partial charge >= 0.3 is 0 Å². The number of guanidine groups is 1. The summed E-state index contributed by atoms with van der Waals surface area (Å²) in [4.78, 5) is 13.0. The van der Waals surface area contributed by atoms with Crippen LogP contribution in [0.25, 0.3) is 0 Å². The van der Waals surface area contributed by atoms with E-state index in [0.717, 1.165) is 49.9 Å². The Morgan fingerprint density at radius 3 is 2.59 bits per heavy atom. The molecular weight excluding hydrogens is 469 g/mol. The summed E-state index contributed by atoms with van der Waals surface area (Å²) < 4.78 is 0. The molecule has 2 heterocycles. The van der Waals surface area contributed by atoms with Crippen LogP contribution in [0.15, 0.2) is 41.5 Å². The molecule has 0 atom stereocenters. The molecular formula is C20H30IN5S. The van der Waals surface area contributed by atoms with Crippen molar-refractivity contribution in [3.8, 4) is 0 Å². The van der Waals surface area contributed by atoms with Gasteiger partial charge in [-0.1, -0.05) is 25.1 Å². The van der Waals surface area contributed by atoms with Gasteiger partial charge in [-0.15, -0.1) is 35.3 Å². The monoisotopic (exact) mass is 499 g/mol. The highest BCUT2D eigenvalue weighted by molar-refractivity contribution is 14.0. The van der Waals surface area contributed by atoms with Crippen molar-refractivity contribution in [2.45, 2.75) is 45.7 Å². The molecule has 3 rings (SSSR count). The van der Waals surface area contributed by atoms with Crippen LogP contribution in [0.2, 0.25) is 0 Å². The molecule has 0 spiro atoms. The molecule has 1 fully saturated rings. The number of piperidine rings is 1. The lowest BCUT2D eigenvalue weighted by atomic mass is 10.0. The molecule has 2 aromatic rings. The minimum absolute atomic E-state index is 0. The van der Waals surface area contributed by atoms with Crippen molar-refractivity contribution >= 4 is 47.0 Å². The molecule has 0 radical (unpaired) electrons. The van der Waals surface area contributed by atoms with Crippen molar-refractivity contribution in [3.05, 3.63) is 46.4 Å². The molecule has 27 heavy (non-hydrogen) atoms. The molecule has 1 aliphatic heterocycles. The Kier molecular flexibility index (Phi) is 9.33. The van der Waals surface area contributed by atoms with Crippen molar-refractivity contribution in [2.24, 2.45) is 4.99 Å². The molecule has 1 saturated heterocycles. The summed E-state index contributed by atoms with van der Waals surface area (Å²) in [6.45, 7) is 7.93. The van der Waals surface area contributed by atoms with Crippen LogP contribution in [0.1, 0.15) is 36.6 Å². The summed E-state index contributed by atoms with van der Waals surface area (Å²) >= 11 is 1.76. The van der Waals surface area contributed by atoms with Crippen LogP contribution in [0.3, 0.4) is 0 Å². The predicted octanol–water partition coefficient (Wildman–Crippen LogP) is 4.05. The number of rotatable bonds is 6. The van der Waals surface area contributed by atoms with Crippen molar-refractivity contribution in [1.29, 1.82) is 0 Å². The van der Waals surface area contributed by atoms with Gasteiger partial charge in [0.15, 0.2) is 5.96 Å². The third kappa shape index (κ3) is 6.64. The molecule has 0 amide bonds. The SMILES string of the molecule is CCNC(=NCc1ncc(CC)s1)NC1CCN(c2ccccc2)CC1.I. The first-order valence-electron chi connectivity index (χ1n) is 9.57. The summed E-state index contributed by atoms with van der Waals surface area (Å²) in [6, 6.07) is 11.1. The maximum Gasteiger partial charge on any atom is 0.191 e. The number of nitrogens with zero attached hydrogens (tertiary/aromatic N) is 3. The van der Waals surface area contributed by atoms with Crippen LogP contribution >= 0.6 is 35.3 Å². The van der Waals surface area contributed by atoms with E-state index in [1.165, 1.54) is 10.6 Å². The third-order valence-corrected chi connectivity index (χ3v) is 5.75.